The summed E-state index contributed by atoms with van der Waals surface area (Å²) < 4.78 is 2.02. The lowest BCUT2D eigenvalue weighted by atomic mass is 10.1. The number of imidazole rings is 1. The van der Waals surface area contributed by atoms with Crippen LogP contribution < -0.4 is 10.6 Å². The van der Waals surface area contributed by atoms with E-state index in [9.17, 15) is 0 Å². The van der Waals surface area contributed by atoms with Crippen LogP contribution in [0.25, 0.3) is 5.69 Å². The molecule has 0 aliphatic carbocycles. The highest BCUT2D eigenvalue weighted by atomic mass is 127. The maximum absolute atomic E-state index is 4.71. The Kier molecular flexibility index (Phi) is 9.44. The summed E-state index contributed by atoms with van der Waals surface area (Å²) >= 11 is 0. The van der Waals surface area contributed by atoms with Gasteiger partial charge in [0.05, 0.1) is 18.6 Å². The fraction of sp³-hybridized carbons (Fsp3) is 0.444. The molecule has 0 saturated carbocycles. The fourth-order valence-corrected chi connectivity index (χ4v) is 2.28. The molecule has 2 aromatic rings. The Labute approximate surface area is 162 Å². The first kappa shape index (κ1) is 20.5. The average molecular weight is 441 g/mol. The summed E-state index contributed by atoms with van der Waals surface area (Å²) in [4.78, 5) is 8.84. The topological polar surface area (TPSA) is 54.2 Å². The number of para-hydroxylation sites is 1. The smallest absolute Gasteiger partial charge is 0.191 e. The van der Waals surface area contributed by atoms with Gasteiger partial charge in [-0.25, -0.2) is 9.98 Å². The van der Waals surface area contributed by atoms with Crippen LogP contribution in [-0.4, -0.2) is 28.6 Å². The quantitative estimate of drug-likeness (QED) is 0.392. The molecule has 0 radical (unpaired) electrons. The van der Waals surface area contributed by atoms with Crippen molar-refractivity contribution in [3.05, 3.63) is 48.5 Å². The van der Waals surface area contributed by atoms with Crippen LogP contribution in [0.15, 0.2) is 48.0 Å². The van der Waals surface area contributed by atoms with E-state index in [0.717, 1.165) is 31.2 Å². The van der Waals surface area contributed by atoms with Gasteiger partial charge in [0, 0.05) is 25.5 Å². The number of hydrogen-bond acceptors (Lipinski definition) is 2. The minimum atomic E-state index is 0. The summed E-state index contributed by atoms with van der Waals surface area (Å²) in [5.74, 6) is 1.56. The number of halogens is 1. The van der Waals surface area contributed by atoms with Gasteiger partial charge in [-0.3, -0.25) is 0 Å². The molecular formula is C18H28IN5. The van der Waals surface area contributed by atoms with Gasteiger partial charge in [0.25, 0.3) is 0 Å². The third-order valence-electron chi connectivity index (χ3n) is 3.54. The Morgan fingerprint density at radius 1 is 1.25 bits per heavy atom. The molecule has 0 spiro atoms. The highest BCUT2D eigenvalue weighted by Crippen LogP contribution is 2.14. The van der Waals surface area contributed by atoms with Gasteiger partial charge in [0.2, 0.25) is 0 Å². The van der Waals surface area contributed by atoms with Crippen LogP contribution in [0.2, 0.25) is 0 Å². The number of aromatic nitrogens is 2. The van der Waals surface area contributed by atoms with Crippen LogP contribution >= 0.6 is 24.0 Å². The number of nitrogens with one attached hydrogen (secondary N) is 2. The average Bonchev–Trinajstić information content (AvgIpc) is 3.07. The molecule has 132 valence electrons. The van der Waals surface area contributed by atoms with Gasteiger partial charge < -0.3 is 15.2 Å². The molecule has 1 aromatic heterocycles. The zero-order valence-electron chi connectivity index (χ0n) is 14.7. The SMILES string of the molecule is CCNC(=NCc1ccccc1-n1ccnc1)NCCC(C)C.I. The maximum Gasteiger partial charge on any atom is 0.191 e. The van der Waals surface area contributed by atoms with Crippen molar-refractivity contribution in [1.29, 1.82) is 0 Å². The van der Waals surface area contributed by atoms with Gasteiger partial charge in [-0.05, 0) is 30.9 Å². The zero-order valence-corrected chi connectivity index (χ0v) is 17.0. The molecule has 0 bridgehead atoms. The molecule has 1 aromatic carbocycles. The first-order chi connectivity index (χ1) is 11.2. The van der Waals surface area contributed by atoms with Gasteiger partial charge in [-0.1, -0.05) is 32.0 Å². The van der Waals surface area contributed by atoms with Crippen molar-refractivity contribution in [2.75, 3.05) is 13.1 Å². The molecule has 0 saturated heterocycles. The molecule has 0 aliphatic heterocycles. The molecule has 1 heterocycles. The van der Waals surface area contributed by atoms with Crippen LogP contribution in [0, 0.1) is 5.92 Å². The third-order valence-corrected chi connectivity index (χ3v) is 3.54. The number of aliphatic imine (C=N–C) groups is 1. The van der Waals surface area contributed by atoms with E-state index in [-0.39, 0.29) is 24.0 Å². The lowest BCUT2D eigenvalue weighted by Crippen LogP contribution is -2.38. The summed E-state index contributed by atoms with van der Waals surface area (Å²) in [7, 11) is 0. The normalized spacial score (nSPS) is 11.2. The van der Waals surface area contributed by atoms with Crippen molar-refractivity contribution >= 4 is 29.9 Å². The van der Waals surface area contributed by atoms with Crippen molar-refractivity contribution in [2.24, 2.45) is 10.9 Å². The Balaban J connectivity index is 0.00000288. The predicted molar refractivity (Wildman–Crippen MR) is 111 cm³/mol. The summed E-state index contributed by atoms with van der Waals surface area (Å²) in [6, 6.07) is 8.28. The number of guanidine groups is 1. The molecule has 0 amide bonds. The van der Waals surface area contributed by atoms with Crippen LogP contribution in [0.3, 0.4) is 0 Å². The number of benzene rings is 1. The van der Waals surface area contributed by atoms with Gasteiger partial charge in [-0.15, -0.1) is 24.0 Å². The number of rotatable bonds is 7. The first-order valence-corrected chi connectivity index (χ1v) is 8.29. The molecule has 0 fully saturated rings. The number of nitrogens with zero attached hydrogens (tertiary/aromatic N) is 3. The van der Waals surface area contributed by atoms with E-state index >= 15 is 0 Å². The Hall–Kier alpha value is -1.57. The van der Waals surface area contributed by atoms with E-state index in [1.165, 1.54) is 5.56 Å². The van der Waals surface area contributed by atoms with Crippen molar-refractivity contribution < 1.29 is 0 Å². The second kappa shape index (κ2) is 11.1. The molecule has 5 nitrogen and oxygen atoms in total. The second-order valence-corrected chi connectivity index (χ2v) is 5.90. The largest absolute Gasteiger partial charge is 0.357 e. The zero-order chi connectivity index (χ0) is 16.5. The van der Waals surface area contributed by atoms with Crippen molar-refractivity contribution in [3.63, 3.8) is 0 Å². The molecule has 0 unspecified atom stereocenters. The van der Waals surface area contributed by atoms with E-state index in [2.05, 4.69) is 48.5 Å². The van der Waals surface area contributed by atoms with E-state index < -0.39 is 0 Å². The maximum atomic E-state index is 4.71. The lowest BCUT2D eigenvalue weighted by molar-refractivity contribution is 0.573. The summed E-state index contributed by atoms with van der Waals surface area (Å²) in [5.41, 5.74) is 2.29. The van der Waals surface area contributed by atoms with Gasteiger partial charge >= 0.3 is 0 Å². The molecule has 2 rings (SSSR count). The second-order valence-electron chi connectivity index (χ2n) is 5.90. The molecule has 24 heavy (non-hydrogen) atoms. The molecule has 2 N–H and O–H groups in total. The van der Waals surface area contributed by atoms with Crippen LogP contribution in [0.5, 0.6) is 0 Å². The first-order valence-electron chi connectivity index (χ1n) is 8.29. The molecule has 0 aliphatic rings. The van der Waals surface area contributed by atoms with E-state index in [1.807, 2.05) is 29.2 Å². The van der Waals surface area contributed by atoms with Crippen molar-refractivity contribution in [2.45, 2.75) is 33.7 Å². The summed E-state index contributed by atoms with van der Waals surface area (Å²) in [6.45, 7) is 8.97. The fourth-order valence-electron chi connectivity index (χ4n) is 2.28. The Bertz CT molecular complexity index is 608. The van der Waals surface area contributed by atoms with Crippen molar-refractivity contribution in [3.8, 4) is 5.69 Å². The van der Waals surface area contributed by atoms with Crippen molar-refractivity contribution in [1.82, 2.24) is 20.2 Å². The Morgan fingerprint density at radius 2 is 2.04 bits per heavy atom. The van der Waals surface area contributed by atoms with E-state index in [0.29, 0.717) is 12.5 Å². The predicted octanol–water partition coefficient (Wildman–Crippen LogP) is 3.59. The molecule has 6 heteroatoms. The van der Waals surface area contributed by atoms with Crippen LogP contribution in [0.4, 0.5) is 0 Å². The minimum absolute atomic E-state index is 0. The number of hydrogen-bond donors (Lipinski definition) is 2. The monoisotopic (exact) mass is 441 g/mol. The molecular weight excluding hydrogens is 413 g/mol. The van der Waals surface area contributed by atoms with E-state index in [4.69, 9.17) is 4.99 Å². The third kappa shape index (κ3) is 6.51. The van der Waals surface area contributed by atoms with E-state index in [1.54, 1.807) is 6.20 Å². The van der Waals surface area contributed by atoms with Crippen LogP contribution in [-0.2, 0) is 6.54 Å². The highest BCUT2D eigenvalue weighted by Gasteiger charge is 2.04. The van der Waals surface area contributed by atoms with Gasteiger partial charge in [0.1, 0.15) is 0 Å². The highest BCUT2D eigenvalue weighted by molar-refractivity contribution is 14.0. The summed E-state index contributed by atoms with van der Waals surface area (Å²) in [5, 5.41) is 6.70. The Morgan fingerprint density at radius 3 is 2.71 bits per heavy atom. The van der Waals surface area contributed by atoms with Gasteiger partial charge in [-0.2, -0.15) is 0 Å². The summed E-state index contributed by atoms with van der Waals surface area (Å²) in [6.07, 6.45) is 6.69. The van der Waals surface area contributed by atoms with Gasteiger partial charge in [0.15, 0.2) is 5.96 Å². The lowest BCUT2D eigenvalue weighted by Gasteiger charge is -2.13. The standard InChI is InChI=1S/C18H27N5.HI/c1-4-20-18(21-10-9-15(2)3)22-13-16-7-5-6-8-17(16)23-12-11-19-14-23;/h5-8,11-12,14-15H,4,9-10,13H2,1-3H3,(H2,20,21,22);1H. The molecule has 0 atom stereocenters. The minimum Gasteiger partial charge on any atom is -0.357 e. The van der Waals surface area contributed by atoms with Crippen LogP contribution in [0.1, 0.15) is 32.8 Å².